The first-order valence-corrected chi connectivity index (χ1v) is 8.17. The molecule has 0 aliphatic rings. The molecule has 0 fully saturated rings. The van der Waals surface area contributed by atoms with Gasteiger partial charge in [0, 0.05) is 17.0 Å². The number of carbonyl (C=O) groups is 1. The molecule has 5 nitrogen and oxygen atoms in total. The Labute approximate surface area is 146 Å². The Morgan fingerprint density at radius 2 is 1.96 bits per heavy atom. The number of rotatable bonds is 8. The van der Waals surface area contributed by atoms with E-state index in [0.717, 1.165) is 17.0 Å². The van der Waals surface area contributed by atoms with Crippen LogP contribution in [0.1, 0.15) is 21.3 Å². The van der Waals surface area contributed by atoms with Crippen molar-refractivity contribution in [3.8, 4) is 5.75 Å². The number of ether oxygens (including phenoxy) is 2. The lowest BCUT2D eigenvalue weighted by Gasteiger charge is -2.17. The van der Waals surface area contributed by atoms with Crippen molar-refractivity contribution in [2.24, 2.45) is 0 Å². The van der Waals surface area contributed by atoms with Gasteiger partial charge in [-0.2, -0.15) is 0 Å². The lowest BCUT2D eigenvalue weighted by atomic mass is 10.2. The smallest absolute Gasteiger partial charge is 0.406 e. The third-order valence-electron chi connectivity index (χ3n) is 3.07. The molecule has 1 heterocycles. The molecule has 1 aromatic heterocycles. The summed E-state index contributed by atoms with van der Waals surface area (Å²) in [7, 11) is 0. The minimum atomic E-state index is -4.78. The van der Waals surface area contributed by atoms with E-state index in [1.807, 2.05) is 17.5 Å². The van der Waals surface area contributed by atoms with Gasteiger partial charge in [0.1, 0.15) is 11.9 Å². The molecule has 9 heteroatoms. The normalized spacial score (nSPS) is 12.6. The topological polar surface area (TPSA) is 67.8 Å². The van der Waals surface area contributed by atoms with Gasteiger partial charge in [-0.25, -0.2) is 0 Å². The molecule has 25 heavy (non-hydrogen) atoms. The van der Waals surface area contributed by atoms with Crippen molar-refractivity contribution in [1.82, 2.24) is 5.32 Å². The molecular weight excluding hydrogens is 359 g/mol. The second-order valence-electron chi connectivity index (χ2n) is 4.88. The second-order valence-corrected chi connectivity index (χ2v) is 5.86. The molecule has 0 unspecified atom stereocenters. The SMILES string of the molecule is O=C(NC[C@@H](OCCO)c1cccs1)c1ccc(OC(F)(F)F)cc1. The first-order chi connectivity index (χ1) is 11.9. The Balaban J connectivity index is 1.93. The zero-order chi connectivity index (χ0) is 18.3. The monoisotopic (exact) mass is 375 g/mol. The average molecular weight is 375 g/mol. The molecule has 2 rings (SSSR count). The lowest BCUT2D eigenvalue weighted by molar-refractivity contribution is -0.274. The minimum absolute atomic E-state index is 0.127. The van der Waals surface area contributed by atoms with E-state index < -0.39 is 24.1 Å². The van der Waals surface area contributed by atoms with E-state index in [2.05, 4.69) is 10.1 Å². The van der Waals surface area contributed by atoms with Crippen LogP contribution in [-0.2, 0) is 4.74 Å². The molecule has 2 N–H and O–H groups in total. The lowest BCUT2D eigenvalue weighted by Crippen LogP contribution is -2.29. The summed E-state index contributed by atoms with van der Waals surface area (Å²) in [5.41, 5.74) is 0.196. The Morgan fingerprint density at radius 3 is 2.52 bits per heavy atom. The maximum Gasteiger partial charge on any atom is 0.573 e. The molecule has 0 aliphatic heterocycles. The van der Waals surface area contributed by atoms with Gasteiger partial charge >= 0.3 is 6.36 Å². The minimum Gasteiger partial charge on any atom is -0.406 e. The first-order valence-electron chi connectivity index (χ1n) is 7.29. The highest BCUT2D eigenvalue weighted by Gasteiger charge is 2.31. The van der Waals surface area contributed by atoms with Gasteiger partial charge in [-0.3, -0.25) is 4.79 Å². The van der Waals surface area contributed by atoms with Crippen LogP contribution >= 0.6 is 11.3 Å². The van der Waals surface area contributed by atoms with Crippen molar-refractivity contribution in [3.63, 3.8) is 0 Å². The number of carbonyl (C=O) groups excluding carboxylic acids is 1. The van der Waals surface area contributed by atoms with E-state index in [-0.39, 0.29) is 25.3 Å². The molecule has 0 spiro atoms. The van der Waals surface area contributed by atoms with Crippen LogP contribution < -0.4 is 10.1 Å². The summed E-state index contributed by atoms with van der Waals surface area (Å²) >= 11 is 1.46. The van der Waals surface area contributed by atoms with Crippen molar-refractivity contribution in [3.05, 3.63) is 52.2 Å². The highest BCUT2D eigenvalue weighted by Crippen LogP contribution is 2.23. The van der Waals surface area contributed by atoms with Gasteiger partial charge < -0.3 is 19.9 Å². The van der Waals surface area contributed by atoms with Gasteiger partial charge in [-0.1, -0.05) is 6.07 Å². The number of amides is 1. The average Bonchev–Trinajstić information content (AvgIpc) is 3.08. The highest BCUT2D eigenvalue weighted by atomic mass is 32.1. The third-order valence-corrected chi connectivity index (χ3v) is 4.03. The number of nitrogens with one attached hydrogen (secondary N) is 1. The Morgan fingerprint density at radius 1 is 1.24 bits per heavy atom. The van der Waals surface area contributed by atoms with Gasteiger partial charge in [0.15, 0.2) is 0 Å². The fourth-order valence-electron chi connectivity index (χ4n) is 2.01. The molecule has 0 radical (unpaired) electrons. The first kappa shape index (κ1) is 19.2. The predicted octanol–water partition coefficient (Wildman–Crippen LogP) is 3.13. The van der Waals surface area contributed by atoms with Crippen LogP contribution in [0.5, 0.6) is 5.75 Å². The molecule has 1 aromatic carbocycles. The van der Waals surface area contributed by atoms with Crippen molar-refractivity contribution < 1.29 is 32.5 Å². The van der Waals surface area contributed by atoms with Crippen LogP contribution in [0.2, 0.25) is 0 Å². The summed E-state index contributed by atoms with van der Waals surface area (Å²) in [6.45, 7) is 0.151. The Hall–Kier alpha value is -2.10. The van der Waals surface area contributed by atoms with Crippen LogP contribution in [0.25, 0.3) is 0 Å². The van der Waals surface area contributed by atoms with E-state index in [4.69, 9.17) is 9.84 Å². The van der Waals surface area contributed by atoms with Gasteiger partial charge in [0.05, 0.1) is 13.2 Å². The molecule has 2 aromatic rings. The molecule has 136 valence electrons. The molecule has 0 saturated carbocycles. The van der Waals surface area contributed by atoms with Crippen LogP contribution in [0.15, 0.2) is 41.8 Å². The zero-order valence-corrected chi connectivity index (χ0v) is 13.8. The number of benzene rings is 1. The maximum absolute atomic E-state index is 12.1. The standard InChI is InChI=1S/C16H16F3NO4S/c17-16(18,19)24-12-5-3-11(4-6-12)15(22)20-10-13(23-8-7-21)14-2-1-9-25-14/h1-6,9,13,21H,7-8,10H2,(H,20,22)/t13-/m1/s1. The van der Waals surface area contributed by atoms with Crippen molar-refractivity contribution in [1.29, 1.82) is 0 Å². The van der Waals surface area contributed by atoms with Crippen LogP contribution in [0.4, 0.5) is 13.2 Å². The molecular formula is C16H16F3NO4S. The van der Waals surface area contributed by atoms with E-state index in [9.17, 15) is 18.0 Å². The summed E-state index contributed by atoms with van der Waals surface area (Å²) in [5, 5.41) is 13.4. The van der Waals surface area contributed by atoms with Crippen molar-refractivity contribution in [2.75, 3.05) is 19.8 Å². The summed E-state index contributed by atoms with van der Waals surface area (Å²) in [6, 6.07) is 8.32. The summed E-state index contributed by atoms with van der Waals surface area (Å²) in [6.07, 6.45) is -5.19. The number of hydrogen-bond acceptors (Lipinski definition) is 5. The molecule has 0 aliphatic carbocycles. The molecule has 1 atom stereocenters. The number of alkyl halides is 3. The maximum atomic E-state index is 12.1. The molecule has 0 bridgehead atoms. The Bertz CT molecular complexity index is 659. The fourth-order valence-corrected chi connectivity index (χ4v) is 2.78. The predicted molar refractivity (Wildman–Crippen MR) is 85.6 cm³/mol. The van der Waals surface area contributed by atoms with Crippen molar-refractivity contribution in [2.45, 2.75) is 12.5 Å². The van der Waals surface area contributed by atoms with Crippen molar-refractivity contribution >= 4 is 17.2 Å². The van der Waals surface area contributed by atoms with E-state index >= 15 is 0 Å². The summed E-state index contributed by atoms with van der Waals surface area (Å²) < 4.78 is 45.6. The Kier molecular flexibility index (Phi) is 6.80. The van der Waals surface area contributed by atoms with Gasteiger partial charge in [0.25, 0.3) is 5.91 Å². The number of aliphatic hydroxyl groups excluding tert-OH is 1. The van der Waals surface area contributed by atoms with Gasteiger partial charge in [-0.05, 0) is 35.7 Å². The van der Waals surface area contributed by atoms with E-state index in [1.54, 1.807) is 0 Å². The largest absolute Gasteiger partial charge is 0.573 e. The quantitative estimate of drug-likeness (QED) is 0.744. The van der Waals surface area contributed by atoms with Crippen LogP contribution in [-0.4, -0.2) is 37.1 Å². The summed E-state index contributed by atoms with van der Waals surface area (Å²) in [4.78, 5) is 13.0. The number of thiophene rings is 1. The van der Waals surface area contributed by atoms with E-state index in [1.165, 1.54) is 23.5 Å². The number of aliphatic hydroxyl groups is 1. The second kappa shape index (κ2) is 8.84. The number of halogens is 3. The van der Waals surface area contributed by atoms with Gasteiger partial charge in [0.2, 0.25) is 0 Å². The van der Waals surface area contributed by atoms with Crippen LogP contribution in [0, 0.1) is 0 Å². The fraction of sp³-hybridized carbons (Fsp3) is 0.312. The highest BCUT2D eigenvalue weighted by molar-refractivity contribution is 7.10. The molecule has 1 amide bonds. The molecule has 0 saturated heterocycles. The van der Waals surface area contributed by atoms with Crippen LogP contribution in [0.3, 0.4) is 0 Å². The summed E-state index contributed by atoms with van der Waals surface area (Å²) in [5.74, 6) is -0.848. The zero-order valence-electron chi connectivity index (χ0n) is 13.0. The number of hydrogen-bond donors (Lipinski definition) is 2. The van der Waals surface area contributed by atoms with Gasteiger partial charge in [-0.15, -0.1) is 24.5 Å². The van der Waals surface area contributed by atoms with E-state index in [0.29, 0.717) is 0 Å². The third kappa shape index (κ3) is 6.37.